The minimum absolute atomic E-state index is 0.203. The maximum absolute atomic E-state index is 11.5. The Morgan fingerprint density at radius 3 is 2.56 bits per heavy atom. The number of ether oxygens (including phenoxy) is 1. The summed E-state index contributed by atoms with van der Waals surface area (Å²) in [6, 6.07) is 1.71. The van der Waals surface area contributed by atoms with Crippen LogP contribution in [0.1, 0.15) is 37.0 Å². The molecule has 0 fully saturated rings. The third-order valence-electron chi connectivity index (χ3n) is 3.34. The molecule has 2 rings (SSSR count). The third kappa shape index (κ3) is 1.47. The normalized spacial score (nSPS) is 17.9. The minimum atomic E-state index is -0.277. The van der Waals surface area contributed by atoms with Crippen LogP contribution < -0.4 is 4.74 Å². The molecule has 0 bridgehead atoms. The first-order valence-electron chi connectivity index (χ1n) is 5.37. The van der Waals surface area contributed by atoms with Gasteiger partial charge in [0.2, 0.25) is 0 Å². The molecule has 0 aliphatic carbocycles. The van der Waals surface area contributed by atoms with Crippen molar-refractivity contribution in [2.75, 3.05) is 0 Å². The van der Waals surface area contributed by atoms with E-state index in [2.05, 4.69) is 0 Å². The summed E-state index contributed by atoms with van der Waals surface area (Å²) in [6.07, 6.45) is 0.349. The van der Waals surface area contributed by atoms with E-state index in [0.29, 0.717) is 12.2 Å². The van der Waals surface area contributed by atoms with Gasteiger partial charge in [-0.05, 0) is 31.0 Å². The molecule has 1 aliphatic heterocycles. The number of phenolic OH excluding ortho intramolecular Hbond substituents is 1. The van der Waals surface area contributed by atoms with Crippen LogP contribution in [-0.2, 0) is 10.2 Å². The van der Waals surface area contributed by atoms with Gasteiger partial charge in [0.1, 0.15) is 11.5 Å². The van der Waals surface area contributed by atoms with Crippen LogP contribution in [-0.4, -0.2) is 11.1 Å². The highest BCUT2D eigenvalue weighted by atomic mass is 16.5. The molecular weight excluding hydrogens is 204 g/mol. The van der Waals surface area contributed by atoms with Crippen LogP contribution >= 0.6 is 0 Å². The lowest BCUT2D eigenvalue weighted by Crippen LogP contribution is -2.31. The molecule has 86 valence electrons. The zero-order chi connectivity index (χ0) is 12.1. The van der Waals surface area contributed by atoms with Gasteiger partial charge in [-0.3, -0.25) is 4.79 Å². The summed E-state index contributed by atoms with van der Waals surface area (Å²) in [6.45, 7) is 7.66. The highest BCUT2D eigenvalue weighted by Crippen LogP contribution is 2.44. The Bertz CT molecular complexity index is 473. The second-order valence-corrected chi connectivity index (χ2v) is 5.06. The first-order valence-corrected chi connectivity index (χ1v) is 5.37. The standard InChI is InChI=1S/C13H16O3/c1-7-8(2)12-9(5-10(7)14)13(3,4)6-11(15)16-12/h5,14H,6H2,1-4H3. The molecular formula is C13H16O3. The van der Waals surface area contributed by atoms with Crippen molar-refractivity contribution in [1.29, 1.82) is 0 Å². The Hall–Kier alpha value is -1.51. The summed E-state index contributed by atoms with van der Waals surface area (Å²) >= 11 is 0. The van der Waals surface area contributed by atoms with Crippen LogP contribution in [0.2, 0.25) is 0 Å². The van der Waals surface area contributed by atoms with E-state index in [1.807, 2.05) is 27.7 Å². The monoisotopic (exact) mass is 220 g/mol. The van der Waals surface area contributed by atoms with Gasteiger partial charge in [0.15, 0.2) is 0 Å². The van der Waals surface area contributed by atoms with Crippen LogP contribution in [0.25, 0.3) is 0 Å². The predicted octanol–water partition coefficient (Wildman–Crippen LogP) is 2.60. The van der Waals surface area contributed by atoms with Gasteiger partial charge in [0.25, 0.3) is 0 Å². The first kappa shape index (κ1) is 11.0. The number of aromatic hydroxyl groups is 1. The molecule has 0 atom stereocenters. The van der Waals surface area contributed by atoms with Gasteiger partial charge in [-0.1, -0.05) is 13.8 Å². The number of rotatable bonds is 0. The lowest BCUT2D eigenvalue weighted by Gasteiger charge is -2.32. The fourth-order valence-electron chi connectivity index (χ4n) is 2.12. The van der Waals surface area contributed by atoms with E-state index in [9.17, 15) is 9.90 Å². The molecule has 3 heteroatoms. The van der Waals surface area contributed by atoms with Crippen molar-refractivity contribution in [2.24, 2.45) is 0 Å². The predicted molar refractivity (Wildman–Crippen MR) is 60.9 cm³/mol. The maximum atomic E-state index is 11.5. The van der Waals surface area contributed by atoms with Gasteiger partial charge in [0.05, 0.1) is 6.42 Å². The van der Waals surface area contributed by atoms with Gasteiger partial charge < -0.3 is 9.84 Å². The third-order valence-corrected chi connectivity index (χ3v) is 3.34. The average molecular weight is 220 g/mol. The van der Waals surface area contributed by atoms with E-state index >= 15 is 0 Å². The first-order chi connectivity index (χ1) is 7.33. The molecule has 0 aromatic heterocycles. The van der Waals surface area contributed by atoms with E-state index in [1.165, 1.54) is 0 Å². The smallest absolute Gasteiger partial charge is 0.312 e. The Balaban J connectivity index is 2.73. The number of esters is 1. The average Bonchev–Trinajstić information content (AvgIpc) is 2.16. The molecule has 0 unspecified atom stereocenters. The summed E-state index contributed by atoms with van der Waals surface area (Å²) in [5.74, 6) is 0.685. The van der Waals surface area contributed by atoms with Gasteiger partial charge in [0, 0.05) is 11.0 Å². The Morgan fingerprint density at radius 1 is 1.31 bits per heavy atom. The summed E-state index contributed by atoms with van der Waals surface area (Å²) in [5, 5.41) is 9.81. The number of phenols is 1. The molecule has 16 heavy (non-hydrogen) atoms. The quantitative estimate of drug-likeness (QED) is 0.540. The molecule has 1 aromatic carbocycles. The van der Waals surface area contributed by atoms with Crippen LogP contribution in [0.5, 0.6) is 11.5 Å². The Kier molecular flexibility index (Phi) is 2.22. The fraction of sp³-hybridized carbons (Fsp3) is 0.462. The highest BCUT2D eigenvalue weighted by Gasteiger charge is 2.35. The number of fused-ring (bicyclic) bond motifs is 1. The Labute approximate surface area is 95.0 Å². The second-order valence-electron chi connectivity index (χ2n) is 5.06. The number of carbonyl (C=O) groups is 1. The Morgan fingerprint density at radius 2 is 1.94 bits per heavy atom. The van der Waals surface area contributed by atoms with Crippen molar-refractivity contribution in [2.45, 2.75) is 39.5 Å². The summed E-state index contributed by atoms with van der Waals surface area (Å²) in [7, 11) is 0. The molecule has 0 saturated carbocycles. The van der Waals surface area contributed by atoms with Gasteiger partial charge in [-0.15, -0.1) is 0 Å². The van der Waals surface area contributed by atoms with Gasteiger partial charge in [-0.2, -0.15) is 0 Å². The van der Waals surface area contributed by atoms with Crippen molar-refractivity contribution < 1.29 is 14.6 Å². The number of hydrogen-bond acceptors (Lipinski definition) is 3. The topological polar surface area (TPSA) is 46.5 Å². The van der Waals surface area contributed by atoms with E-state index in [0.717, 1.165) is 16.7 Å². The molecule has 0 amide bonds. The molecule has 0 radical (unpaired) electrons. The lowest BCUT2D eigenvalue weighted by atomic mass is 9.78. The highest BCUT2D eigenvalue weighted by molar-refractivity contribution is 5.79. The second kappa shape index (κ2) is 3.24. The van der Waals surface area contributed by atoms with Crippen LogP contribution in [0.15, 0.2) is 6.07 Å². The van der Waals surface area contributed by atoms with Gasteiger partial charge in [-0.25, -0.2) is 0 Å². The van der Waals surface area contributed by atoms with E-state index in [4.69, 9.17) is 4.74 Å². The molecule has 3 nitrogen and oxygen atoms in total. The molecule has 1 heterocycles. The molecule has 1 aliphatic rings. The molecule has 0 spiro atoms. The summed E-state index contributed by atoms with van der Waals surface area (Å²) < 4.78 is 5.28. The van der Waals surface area contributed by atoms with Crippen LogP contribution in [0, 0.1) is 13.8 Å². The van der Waals surface area contributed by atoms with Crippen molar-refractivity contribution in [1.82, 2.24) is 0 Å². The zero-order valence-electron chi connectivity index (χ0n) is 10.0. The van der Waals surface area contributed by atoms with Crippen LogP contribution in [0.3, 0.4) is 0 Å². The summed E-state index contributed by atoms with van der Waals surface area (Å²) in [4.78, 5) is 11.5. The van der Waals surface area contributed by atoms with Crippen LogP contribution in [0.4, 0.5) is 0 Å². The largest absolute Gasteiger partial charge is 0.508 e. The molecule has 1 aromatic rings. The SMILES string of the molecule is Cc1c(O)cc2c(c1C)OC(=O)CC2(C)C. The molecule has 1 N–H and O–H groups in total. The van der Waals surface area contributed by atoms with Crippen molar-refractivity contribution >= 4 is 5.97 Å². The van der Waals surface area contributed by atoms with E-state index < -0.39 is 0 Å². The summed E-state index contributed by atoms with van der Waals surface area (Å²) in [5.41, 5.74) is 2.24. The maximum Gasteiger partial charge on any atom is 0.312 e. The van der Waals surface area contributed by atoms with E-state index in [-0.39, 0.29) is 17.1 Å². The van der Waals surface area contributed by atoms with Crippen molar-refractivity contribution in [3.63, 3.8) is 0 Å². The fourth-order valence-corrected chi connectivity index (χ4v) is 2.12. The van der Waals surface area contributed by atoms with E-state index in [1.54, 1.807) is 6.07 Å². The number of benzene rings is 1. The lowest BCUT2D eigenvalue weighted by molar-refractivity contribution is -0.137. The van der Waals surface area contributed by atoms with Gasteiger partial charge >= 0.3 is 5.97 Å². The van der Waals surface area contributed by atoms with Crippen molar-refractivity contribution in [3.8, 4) is 11.5 Å². The molecule has 0 saturated heterocycles. The number of hydrogen-bond donors (Lipinski definition) is 1. The van der Waals surface area contributed by atoms with Crippen molar-refractivity contribution in [3.05, 3.63) is 22.8 Å². The minimum Gasteiger partial charge on any atom is -0.508 e. The number of carbonyl (C=O) groups excluding carboxylic acids is 1. The zero-order valence-corrected chi connectivity index (χ0v) is 10.0.